The van der Waals surface area contributed by atoms with Gasteiger partial charge in [0, 0.05) is 23.6 Å². The van der Waals surface area contributed by atoms with Crippen LogP contribution in [0.15, 0.2) is 17.5 Å². The van der Waals surface area contributed by atoms with Crippen LogP contribution in [0, 0.1) is 0 Å². The number of rotatable bonds is 1. The summed E-state index contributed by atoms with van der Waals surface area (Å²) in [4.78, 5) is 1.11. The Morgan fingerprint density at radius 1 is 1.45 bits per heavy atom. The third kappa shape index (κ3) is 1.29. The third-order valence-corrected chi connectivity index (χ3v) is 3.07. The summed E-state index contributed by atoms with van der Waals surface area (Å²) in [5.74, 6) is -2.25. The Balaban J connectivity index is 2.03. The average molecular weight is 174 g/mol. The molecule has 1 aliphatic rings. The molecule has 0 radical (unpaired) electrons. The summed E-state index contributed by atoms with van der Waals surface area (Å²) in [6, 6.07) is 3.85. The Morgan fingerprint density at radius 3 is 2.64 bits per heavy atom. The van der Waals surface area contributed by atoms with Gasteiger partial charge in [-0.05, 0) is 11.4 Å². The molecule has 0 nitrogen and oxygen atoms in total. The predicted molar refractivity (Wildman–Crippen MR) is 41.2 cm³/mol. The Hall–Kier alpha value is -0.440. The smallest absolute Gasteiger partial charge is 0.207 e. The van der Waals surface area contributed by atoms with Crippen molar-refractivity contribution < 1.29 is 8.78 Å². The highest BCUT2D eigenvalue weighted by Crippen LogP contribution is 2.49. The van der Waals surface area contributed by atoms with E-state index in [2.05, 4.69) is 0 Å². The minimum absolute atomic E-state index is 0.0491. The van der Waals surface area contributed by atoms with Gasteiger partial charge in [-0.25, -0.2) is 8.78 Å². The molecule has 0 aliphatic heterocycles. The van der Waals surface area contributed by atoms with Crippen LogP contribution >= 0.6 is 11.3 Å². The van der Waals surface area contributed by atoms with Crippen molar-refractivity contribution >= 4 is 11.3 Å². The van der Waals surface area contributed by atoms with Gasteiger partial charge in [0.05, 0.1) is 0 Å². The molecule has 11 heavy (non-hydrogen) atoms. The molecule has 0 amide bonds. The van der Waals surface area contributed by atoms with Crippen molar-refractivity contribution in [2.45, 2.75) is 24.7 Å². The number of hydrogen-bond acceptors (Lipinski definition) is 1. The summed E-state index contributed by atoms with van der Waals surface area (Å²) in [6.45, 7) is 0. The van der Waals surface area contributed by atoms with Gasteiger partial charge in [0.2, 0.25) is 5.92 Å². The van der Waals surface area contributed by atoms with Crippen molar-refractivity contribution in [2.75, 3.05) is 0 Å². The second-order valence-electron chi connectivity index (χ2n) is 2.98. The van der Waals surface area contributed by atoms with Crippen molar-refractivity contribution in [2.24, 2.45) is 0 Å². The molecule has 0 aromatic carbocycles. The summed E-state index contributed by atoms with van der Waals surface area (Å²) >= 11 is 1.57. The van der Waals surface area contributed by atoms with Gasteiger partial charge in [-0.1, -0.05) is 6.07 Å². The number of halogens is 2. The Bertz CT molecular complexity index is 233. The van der Waals surface area contributed by atoms with Gasteiger partial charge in [0.15, 0.2) is 0 Å². The normalized spacial score (nSPS) is 23.1. The molecule has 3 heteroatoms. The van der Waals surface area contributed by atoms with Crippen molar-refractivity contribution in [3.05, 3.63) is 22.4 Å². The molecule has 0 bridgehead atoms. The first-order valence-electron chi connectivity index (χ1n) is 3.59. The largest absolute Gasteiger partial charge is 0.249 e. The van der Waals surface area contributed by atoms with E-state index in [0.717, 1.165) is 4.88 Å². The van der Waals surface area contributed by atoms with E-state index < -0.39 is 5.92 Å². The van der Waals surface area contributed by atoms with Gasteiger partial charge < -0.3 is 0 Å². The minimum atomic E-state index is -2.38. The van der Waals surface area contributed by atoms with E-state index in [9.17, 15) is 8.78 Å². The lowest BCUT2D eigenvalue weighted by Crippen LogP contribution is -2.33. The Labute approximate surface area is 67.9 Å². The predicted octanol–water partition coefficient (Wildman–Crippen LogP) is 3.26. The van der Waals surface area contributed by atoms with Crippen LogP contribution < -0.4 is 0 Å². The highest BCUT2D eigenvalue weighted by Gasteiger charge is 2.46. The zero-order chi connectivity index (χ0) is 7.90. The number of hydrogen-bond donors (Lipinski definition) is 0. The van der Waals surface area contributed by atoms with E-state index in [1.54, 1.807) is 11.3 Å². The van der Waals surface area contributed by atoms with Crippen LogP contribution in [0.25, 0.3) is 0 Å². The lowest BCUT2D eigenvalue weighted by Gasteiger charge is -2.34. The molecule has 0 spiro atoms. The van der Waals surface area contributed by atoms with Gasteiger partial charge >= 0.3 is 0 Å². The van der Waals surface area contributed by atoms with Crippen LogP contribution in [-0.4, -0.2) is 5.92 Å². The van der Waals surface area contributed by atoms with Crippen molar-refractivity contribution in [3.63, 3.8) is 0 Å². The minimum Gasteiger partial charge on any atom is -0.207 e. The molecule has 2 rings (SSSR count). The second kappa shape index (κ2) is 2.27. The molecule has 1 aromatic heterocycles. The van der Waals surface area contributed by atoms with Gasteiger partial charge in [-0.2, -0.15) is 0 Å². The molecular weight excluding hydrogens is 166 g/mol. The van der Waals surface area contributed by atoms with E-state index in [0.29, 0.717) is 0 Å². The van der Waals surface area contributed by atoms with E-state index >= 15 is 0 Å². The number of alkyl halides is 2. The van der Waals surface area contributed by atoms with E-state index in [4.69, 9.17) is 0 Å². The summed E-state index contributed by atoms with van der Waals surface area (Å²) in [5.41, 5.74) is 0. The van der Waals surface area contributed by atoms with E-state index in [1.807, 2.05) is 17.5 Å². The quantitative estimate of drug-likeness (QED) is 0.613. The second-order valence-corrected chi connectivity index (χ2v) is 3.96. The first kappa shape index (κ1) is 7.22. The molecule has 0 N–H and O–H groups in total. The van der Waals surface area contributed by atoms with Gasteiger partial charge in [-0.3, -0.25) is 0 Å². The van der Waals surface area contributed by atoms with Crippen LogP contribution in [0.4, 0.5) is 8.78 Å². The molecule has 1 heterocycles. The monoisotopic (exact) mass is 174 g/mol. The maximum absolute atomic E-state index is 12.4. The van der Waals surface area contributed by atoms with Gasteiger partial charge in [0.25, 0.3) is 0 Å². The Kier molecular flexibility index (Phi) is 1.49. The maximum Gasteiger partial charge on any atom is 0.249 e. The zero-order valence-corrected chi connectivity index (χ0v) is 6.70. The van der Waals surface area contributed by atoms with Crippen LogP contribution in [0.2, 0.25) is 0 Å². The summed E-state index contributed by atoms with van der Waals surface area (Å²) in [6.07, 6.45) is 0.0982. The standard InChI is InChI=1S/C8H8F2S/c9-8(10)4-6(5-8)7-2-1-3-11-7/h1-3,6H,4-5H2. The third-order valence-electron chi connectivity index (χ3n) is 2.04. The first-order valence-corrected chi connectivity index (χ1v) is 4.47. The SMILES string of the molecule is FC1(F)CC(c2cccs2)C1. The fraction of sp³-hybridized carbons (Fsp3) is 0.500. The Morgan fingerprint density at radius 2 is 2.18 bits per heavy atom. The fourth-order valence-corrected chi connectivity index (χ4v) is 2.22. The maximum atomic E-state index is 12.4. The van der Waals surface area contributed by atoms with Crippen molar-refractivity contribution in [1.82, 2.24) is 0 Å². The molecule has 0 atom stereocenters. The van der Waals surface area contributed by atoms with Crippen LogP contribution in [0.3, 0.4) is 0 Å². The lowest BCUT2D eigenvalue weighted by atomic mass is 9.80. The van der Waals surface area contributed by atoms with E-state index in [1.165, 1.54) is 0 Å². The highest BCUT2D eigenvalue weighted by molar-refractivity contribution is 7.10. The van der Waals surface area contributed by atoms with Gasteiger partial charge in [-0.15, -0.1) is 11.3 Å². The number of thiophene rings is 1. The topological polar surface area (TPSA) is 0 Å². The van der Waals surface area contributed by atoms with Gasteiger partial charge in [0.1, 0.15) is 0 Å². The van der Waals surface area contributed by atoms with Crippen LogP contribution in [0.5, 0.6) is 0 Å². The molecular formula is C8H8F2S. The average Bonchev–Trinajstić information content (AvgIpc) is 2.32. The van der Waals surface area contributed by atoms with E-state index in [-0.39, 0.29) is 18.8 Å². The highest BCUT2D eigenvalue weighted by atomic mass is 32.1. The van der Waals surface area contributed by atoms with Crippen molar-refractivity contribution in [1.29, 1.82) is 0 Å². The molecule has 60 valence electrons. The molecule has 1 aromatic rings. The molecule has 1 aliphatic carbocycles. The first-order chi connectivity index (χ1) is 5.17. The van der Waals surface area contributed by atoms with Crippen LogP contribution in [-0.2, 0) is 0 Å². The van der Waals surface area contributed by atoms with Crippen molar-refractivity contribution in [3.8, 4) is 0 Å². The fourth-order valence-electron chi connectivity index (χ4n) is 1.39. The molecule has 0 saturated heterocycles. The van der Waals surface area contributed by atoms with Crippen LogP contribution in [0.1, 0.15) is 23.6 Å². The molecule has 0 unspecified atom stereocenters. The lowest BCUT2D eigenvalue weighted by molar-refractivity contribution is -0.0859. The summed E-state index contributed by atoms with van der Waals surface area (Å²) in [5, 5.41) is 1.94. The molecule has 1 fully saturated rings. The summed E-state index contributed by atoms with van der Waals surface area (Å²) < 4.78 is 24.8. The summed E-state index contributed by atoms with van der Waals surface area (Å²) in [7, 11) is 0. The molecule has 1 saturated carbocycles. The zero-order valence-electron chi connectivity index (χ0n) is 5.89.